The molecule has 0 fully saturated rings. The number of hydrogen-bond acceptors (Lipinski definition) is 3. The maximum atomic E-state index is 12.1. The highest BCUT2D eigenvalue weighted by Gasteiger charge is 2.20. The number of halogens is 1. The van der Waals surface area contributed by atoms with Crippen molar-refractivity contribution >= 4 is 18.3 Å². The third kappa shape index (κ3) is 4.84. The predicted octanol–water partition coefficient (Wildman–Crippen LogP) is 1.80. The van der Waals surface area contributed by atoms with Gasteiger partial charge < -0.3 is 11.1 Å². The van der Waals surface area contributed by atoms with Gasteiger partial charge in [0.25, 0.3) is 5.91 Å². The van der Waals surface area contributed by atoms with Crippen LogP contribution in [0, 0.1) is 13.8 Å². The summed E-state index contributed by atoms with van der Waals surface area (Å²) in [5.41, 5.74) is 7.81. The van der Waals surface area contributed by atoms with Crippen LogP contribution in [-0.2, 0) is 6.54 Å². The molecule has 5 nitrogen and oxygen atoms in total. The lowest BCUT2D eigenvalue weighted by atomic mass is 10.1. The Balaban J connectivity index is 0.00000324. The number of carbonyl (C=O) groups is 1. The van der Waals surface area contributed by atoms with Crippen LogP contribution in [0.1, 0.15) is 48.9 Å². The van der Waals surface area contributed by atoms with Crippen LogP contribution in [0.2, 0.25) is 0 Å². The number of amides is 1. The zero-order chi connectivity index (χ0) is 13.9. The summed E-state index contributed by atoms with van der Waals surface area (Å²) >= 11 is 0. The van der Waals surface area contributed by atoms with Crippen molar-refractivity contribution in [2.45, 2.75) is 53.1 Å². The summed E-state index contributed by atoms with van der Waals surface area (Å²) in [7, 11) is 0. The molecular weight excluding hydrogens is 264 g/mol. The summed E-state index contributed by atoms with van der Waals surface area (Å²) in [5, 5.41) is 7.25. The number of aromatic nitrogens is 2. The number of nitrogens with two attached hydrogens (primary N) is 1. The van der Waals surface area contributed by atoms with Crippen molar-refractivity contribution in [2.24, 2.45) is 5.73 Å². The molecule has 1 heterocycles. The fourth-order valence-corrected chi connectivity index (χ4v) is 1.85. The first-order valence-corrected chi connectivity index (χ1v) is 6.37. The highest BCUT2D eigenvalue weighted by molar-refractivity contribution is 5.96. The lowest BCUT2D eigenvalue weighted by Crippen LogP contribution is -2.45. The van der Waals surface area contributed by atoms with E-state index in [0.717, 1.165) is 24.4 Å². The molecule has 0 saturated carbocycles. The minimum Gasteiger partial charge on any atom is -0.350 e. The topological polar surface area (TPSA) is 72.9 Å². The van der Waals surface area contributed by atoms with Gasteiger partial charge in [-0.05, 0) is 34.1 Å². The number of carbonyl (C=O) groups excluding carboxylic acids is 1. The highest BCUT2D eigenvalue weighted by Crippen LogP contribution is 2.13. The monoisotopic (exact) mass is 288 g/mol. The predicted molar refractivity (Wildman–Crippen MR) is 79.8 cm³/mol. The van der Waals surface area contributed by atoms with Crippen molar-refractivity contribution in [1.82, 2.24) is 15.1 Å². The number of rotatable bonds is 5. The lowest BCUT2D eigenvalue weighted by Gasteiger charge is -2.18. The van der Waals surface area contributed by atoms with E-state index >= 15 is 0 Å². The molecule has 1 rings (SSSR count). The first-order valence-electron chi connectivity index (χ1n) is 6.37. The van der Waals surface area contributed by atoms with Crippen molar-refractivity contribution in [3.05, 3.63) is 17.0 Å². The van der Waals surface area contributed by atoms with Crippen molar-refractivity contribution in [1.29, 1.82) is 0 Å². The van der Waals surface area contributed by atoms with E-state index in [1.807, 2.05) is 32.4 Å². The van der Waals surface area contributed by atoms with Crippen LogP contribution in [0.25, 0.3) is 0 Å². The van der Waals surface area contributed by atoms with Gasteiger partial charge in [0.1, 0.15) is 0 Å². The van der Waals surface area contributed by atoms with Crippen LogP contribution in [0.5, 0.6) is 0 Å². The molecule has 6 heteroatoms. The Labute approximate surface area is 121 Å². The molecule has 0 aromatic carbocycles. The van der Waals surface area contributed by atoms with E-state index in [-0.39, 0.29) is 18.3 Å². The van der Waals surface area contributed by atoms with Gasteiger partial charge in [-0.25, -0.2) is 0 Å². The molecule has 19 heavy (non-hydrogen) atoms. The average molecular weight is 289 g/mol. The Hall–Kier alpha value is -1.07. The van der Waals surface area contributed by atoms with Crippen molar-refractivity contribution < 1.29 is 4.79 Å². The summed E-state index contributed by atoms with van der Waals surface area (Å²) in [6.07, 6.45) is 0.999. The lowest BCUT2D eigenvalue weighted by molar-refractivity contribution is 0.0944. The van der Waals surface area contributed by atoms with Gasteiger partial charge in [0, 0.05) is 24.3 Å². The molecule has 110 valence electrons. The molecule has 0 saturated heterocycles. The minimum absolute atomic E-state index is 0. The first-order chi connectivity index (χ1) is 8.26. The smallest absolute Gasteiger partial charge is 0.255 e. The van der Waals surface area contributed by atoms with E-state index in [1.54, 1.807) is 0 Å². The van der Waals surface area contributed by atoms with Gasteiger partial charge in [-0.15, -0.1) is 12.4 Å². The third-order valence-electron chi connectivity index (χ3n) is 2.75. The Kier molecular flexibility index (Phi) is 6.52. The fraction of sp³-hybridized carbons (Fsp3) is 0.692. The average Bonchev–Trinajstić information content (AvgIpc) is 2.51. The van der Waals surface area contributed by atoms with Crippen molar-refractivity contribution in [3.63, 3.8) is 0 Å². The van der Waals surface area contributed by atoms with Gasteiger partial charge in [-0.2, -0.15) is 5.10 Å². The molecule has 0 radical (unpaired) electrons. The normalized spacial score (nSPS) is 11.1. The number of hydrogen-bond donors (Lipinski definition) is 2. The maximum absolute atomic E-state index is 12.1. The summed E-state index contributed by atoms with van der Waals surface area (Å²) in [6.45, 7) is 10.9. The van der Waals surface area contributed by atoms with Gasteiger partial charge in [-0.3, -0.25) is 9.48 Å². The Bertz CT molecular complexity index is 435. The zero-order valence-corrected chi connectivity index (χ0v) is 13.2. The number of nitrogens with one attached hydrogen (secondary N) is 1. The van der Waals surface area contributed by atoms with Gasteiger partial charge in [-0.1, -0.05) is 6.92 Å². The van der Waals surface area contributed by atoms with Crippen LogP contribution < -0.4 is 11.1 Å². The highest BCUT2D eigenvalue weighted by atomic mass is 35.5. The largest absolute Gasteiger partial charge is 0.350 e. The molecule has 0 bridgehead atoms. The summed E-state index contributed by atoms with van der Waals surface area (Å²) in [5.74, 6) is -0.0918. The van der Waals surface area contributed by atoms with E-state index in [0.29, 0.717) is 12.1 Å². The summed E-state index contributed by atoms with van der Waals surface area (Å²) < 4.78 is 1.89. The molecule has 1 amide bonds. The molecule has 0 unspecified atom stereocenters. The van der Waals surface area contributed by atoms with E-state index in [1.165, 1.54) is 0 Å². The first kappa shape index (κ1) is 17.9. The molecule has 0 atom stereocenters. The standard InChI is InChI=1S/C13H24N4O.ClH/c1-6-7-17-10(3)11(9(2)16-17)12(18)15-8-13(4,5)14;/h6-8,14H2,1-5H3,(H,15,18);1H. The Morgan fingerprint density at radius 2 is 2.00 bits per heavy atom. The molecule has 0 spiro atoms. The van der Waals surface area contributed by atoms with E-state index in [9.17, 15) is 4.79 Å². The zero-order valence-electron chi connectivity index (χ0n) is 12.4. The minimum atomic E-state index is -0.406. The van der Waals surface area contributed by atoms with Crippen LogP contribution in [0.4, 0.5) is 0 Å². The molecule has 1 aromatic rings. The Morgan fingerprint density at radius 1 is 1.42 bits per heavy atom. The van der Waals surface area contributed by atoms with Gasteiger partial charge >= 0.3 is 0 Å². The van der Waals surface area contributed by atoms with Crippen molar-refractivity contribution in [2.75, 3.05) is 6.54 Å². The molecule has 0 aliphatic carbocycles. The molecule has 0 aliphatic rings. The van der Waals surface area contributed by atoms with E-state index in [2.05, 4.69) is 17.3 Å². The molecule has 1 aromatic heterocycles. The molecule has 0 aliphatic heterocycles. The second-order valence-electron chi connectivity index (χ2n) is 5.44. The number of nitrogens with zero attached hydrogens (tertiary/aromatic N) is 2. The van der Waals surface area contributed by atoms with E-state index < -0.39 is 5.54 Å². The summed E-state index contributed by atoms with van der Waals surface area (Å²) in [6, 6.07) is 0. The second-order valence-corrected chi connectivity index (χ2v) is 5.44. The quantitative estimate of drug-likeness (QED) is 0.868. The van der Waals surface area contributed by atoms with Gasteiger partial charge in [0.05, 0.1) is 11.3 Å². The second kappa shape index (κ2) is 6.91. The maximum Gasteiger partial charge on any atom is 0.255 e. The van der Waals surface area contributed by atoms with E-state index in [4.69, 9.17) is 5.73 Å². The summed E-state index contributed by atoms with van der Waals surface area (Å²) in [4.78, 5) is 12.1. The van der Waals surface area contributed by atoms with Crippen LogP contribution >= 0.6 is 12.4 Å². The van der Waals surface area contributed by atoms with Crippen molar-refractivity contribution in [3.8, 4) is 0 Å². The molecular formula is C13H25ClN4O. The third-order valence-corrected chi connectivity index (χ3v) is 2.75. The fourth-order valence-electron chi connectivity index (χ4n) is 1.85. The van der Waals surface area contributed by atoms with Crippen LogP contribution in [0.3, 0.4) is 0 Å². The van der Waals surface area contributed by atoms with Gasteiger partial charge in [0.2, 0.25) is 0 Å². The van der Waals surface area contributed by atoms with Crippen LogP contribution in [0.15, 0.2) is 0 Å². The SMILES string of the molecule is CCCn1nc(C)c(C(=O)NCC(C)(C)N)c1C.Cl. The van der Waals surface area contributed by atoms with Crippen LogP contribution in [-0.4, -0.2) is 27.8 Å². The van der Waals surface area contributed by atoms with Gasteiger partial charge in [0.15, 0.2) is 0 Å². The molecule has 3 N–H and O–H groups in total. The number of aryl methyl sites for hydroxylation is 2. The Morgan fingerprint density at radius 3 is 2.47 bits per heavy atom.